The minimum atomic E-state index is -4.65. The van der Waals surface area contributed by atoms with Gasteiger partial charge in [-0.05, 0) is 69.7 Å². The second-order valence-electron chi connectivity index (χ2n) is 5.75. The van der Waals surface area contributed by atoms with E-state index in [-0.39, 0.29) is 17.7 Å². The number of nitrogens with zero attached hydrogens (tertiary/aromatic N) is 3. The number of rotatable bonds is 2. The minimum absolute atomic E-state index is 0.100. The maximum absolute atomic E-state index is 13.5. The van der Waals surface area contributed by atoms with Crippen LogP contribution in [0, 0.1) is 0 Å². The fourth-order valence-electron chi connectivity index (χ4n) is 2.93. The van der Waals surface area contributed by atoms with Crippen molar-refractivity contribution in [3.8, 4) is 0 Å². The largest absolute Gasteiger partial charge is 0.433 e. The molecule has 0 atom stereocenters. The minimum Gasteiger partial charge on any atom is -0.351 e. The number of primary amides is 1. The molecule has 0 saturated carbocycles. The number of amides is 2. The Morgan fingerprint density at radius 1 is 1.12 bits per heavy atom. The molecule has 3 rings (SSSR count). The topological polar surface area (TPSA) is 72.1 Å². The normalized spacial score (nSPS) is 14.0. The van der Waals surface area contributed by atoms with Gasteiger partial charge in [-0.3, -0.25) is 0 Å². The number of carbonyl (C=O) groups excluding carboxylic acids is 1. The van der Waals surface area contributed by atoms with E-state index in [0.717, 1.165) is 11.3 Å². The zero-order valence-corrected chi connectivity index (χ0v) is 16.4. The molecule has 5 nitrogen and oxygen atoms in total. The van der Waals surface area contributed by atoms with Gasteiger partial charge in [-0.1, -0.05) is 6.07 Å². The molecule has 138 valence electrons. The number of carbonyl (C=O) groups is 1. The first-order valence-electron chi connectivity index (χ1n) is 7.70. The maximum atomic E-state index is 13.5. The molecule has 1 heterocycles. The van der Waals surface area contributed by atoms with Crippen molar-refractivity contribution >= 4 is 49.5 Å². The zero-order chi connectivity index (χ0) is 19.1. The SMILES string of the molecule is NC(=O)N(c1nc2c(c(C(F)(F)F)n1)CCCC2)c1c(Br)cccc1Br. The van der Waals surface area contributed by atoms with Crippen molar-refractivity contribution in [3.05, 3.63) is 44.1 Å². The molecule has 2 aromatic rings. The Bertz CT molecular complexity index is 853. The van der Waals surface area contributed by atoms with Gasteiger partial charge < -0.3 is 5.73 Å². The summed E-state index contributed by atoms with van der Waals surface area (Å²) < 4.78 is 41.5. The molecule has 1 aromatic heterocycles. The highest BCUT2D eigenvalue weighted by Gasteiger charge is 2.39. The highest BCUT2D eigenvalue weighted by molar-refractivity contribution is 9.11. The van der Waals surface area contributed by atoms with Crippen LogP contribution >= 0.6 is 31.9 Å². The van der Waals surface area contributed by atoms with E-state index in [1.807, 2.05) is 0 Å². The van der Waals surface area contributed by atoms with E-state index in [9.17, 15) is 18.0 Å². The lowest BCUT2D eigenvalue weighted by molar-refractivity contribution is -0.142. The van der Waals surface area contributed by atoms with Gasteiger partial charge in [0, 0.05) is 20.2 Å². The fraction of sp³-hybridized carbons (Fsp3) is 0.312. The Labute approximate surface area is 164 Å². The van der Waals surface area contributed by atoms with Gasteiger partial charge >= 0.3 is 12.2 Å². The van der Waals surface area contributed by atoms with E-state index in [1.54, 1.807) is 18.2 Å². The van der Waals surface area contributed by atoms with Crippen LogP contribution < -0.4 is 10.6 Å². The summed E-state index contributed by atoms with van der Waals surface area (Å²) in [7, 11) is 0. The van der Waals surface area contributed by atoms with Crippen LogP contribution in [0.25, 0.3) is 0 Å². The van der Waals surface area contributed by atoms with Gasteiger partial charge in [0.15, 0.2) is 5.69 Å². The summed E-state index contributed by atoms with van der Waals surface area (Å²) in [5, 5.41) is 0. The summed E-state index contributed by atoms with van der Waals surface area (Å²) in [6, 6.07) is 3.99. The number of alkyl halides is 3. The summed E-state index contributed by atoms with van der Waals surface area (Å²) in [6.45, 7) is 0. The number of halogens is 5. The van der Waals surface area contributed by atoms with Crippen molar-refractivity contribution in [2.45, 2.75) is 31.9 Å². The highest BCUT2D eigenvalue weighted by Crippen LogP contribution is 2.40. The predicted molar refractivity (Wildman–Crippen MR) is 97.2 cm³/mol. The summed E-state index contributed by atoms with van der Waals surface area (Å²) in [5.41, 5.74) is 5.10. The molecular formula is C16H13Br2F3N4O. The highest BCUT2D eigenvalue weighted by atomic mass is 79.9. The number of aromatic nitrogens is 2. The maximum Gasteiger partial charge on any atom is 0.433 e. The van der Waals surface area contributed by atoms with Crippen molar-refractivity contribution in [2.24, 2.45) is 5.73 Å². The quantitative estimate of drug-likeness (QED) is 0.631. The third kappa shape index (κ3) is 3.57. The van der Waals surface area contributed by atoms with Crippen molar-refractivity contribution in [2.75, 3.05) is 4.90 Å². The molecule has 0 saturated heterocycles. The molecule has 0 aliphatic heterocycles. The molecule has 0 radical (unpaired) electrons. The van der Waals surface area contributed by atoms with Crippen LogP contribution in [0.3, 0.4) is 0 Å². The molecule has 1 aliphatic rings. The average Bonchev–Trinajstić information content (AvgIpc) is 2.56. The van der Waals surface area contributed by atoms with Gasteiger partial charge in [0.1, 0.15) is 0 Å². The number of hydrogen-bond donors (Lipinski definition) is 1. The van der Waals surface area contributed by atoms with E-state index < -0.39 is 23.8 Å². The van der Waals surface area contributed by atoms with Gasteiger partial charge in [-0.25, -0.2) is 19.7 Å². The second kappa shape index (κ2) is 7.15. The molecule has 26 heavy (non-hydrogen) atoms. The van der Waals surface area contributed by atoms with E-state index >= 15 is 0 Å². The van der Waals surface area contributed by atoms with E-state index in [0.29, 0.717) is 27.5 Å². The fourth-order valence-corrected chi connectivity index (χ4v) is 4.28. The van der Waals surface area contributed by atoms with Crippen LogP contribution in [0.4, 0.5) is 29.6 Å². The van der Waals surface area contributed by atoms with Crippen molar-refractivity contribution in [1.29, 1.82) is 0 Å². The first kappa shape index (κ1) is 19.1. The summed E-state index contributed by atoms with van der Waals surface area (Å²) in [5.74, 6) is -0.391. The standard InChI is InChI=1S/C16H13Br2F3N4O/c17-9-5-3-6-10(18)12(9)25(14(22)26)15-23-11-7-2-1-4-8(11)13(24-15)16(19,20)21/h3,5-6H,1-2,4,7H2,(H2,22,26). The molecule has 2 N–H and O–H groups in total. The second-order valence-corrected chi connectivity index (χ2v) is 7.45. The number of benzene rings is 1. The third-order valence-electron chi connectivity index (χ3n) is 4.02. The number of hydrogen-bond acceptors (Lipinski definition) is 3. The van der Waals surface area contributed by atoms with E-state index in [1.165, 1.54) is 0 Å². The Balaban J connectivity index is 2.25. The van der Waals surface area contributed by atoms with Crippen LogP contribution in [-0.2, 0) is 19.0 Å². The van der Waals surface area contributed by atoms with Crippen molar-refractivity contribution in [3.63, 3.8) is 0 Å². The first-order chi connectivity index (χ1) is 12.2. The van der Waals surface area contributed by atoms with Crippen LogP contribution in [0.1, 0.15) is 29.8 Å². The predicted octanol–water partition coefficient (Wildman–Crippen LogP) is 5.12. The lowest BCUT2D eigenvalue weighted by atomic mass is 9.94. The molecule has 0 fully saturated rings. The van der Waals surface area contributed by atoms with E-state index in [2.05, 4.69) is 41.8 Å². The number of nitrogens with two attached hydrogens (primary N) is 1. The van der Waals surface area contributed by atoms with Crippen LogP contribution in [0.5, 0.6) is 0 Å². The molecule has 10 heteroatoms. The van der Waals surface area contributed by atoms with Gasteiger partial charge in [0.25, 0.3) is 0 Å². The molecule has 0 spiro atoms. The molecule has 0 unspecified atom stereocenters. The lowest BCUT2D eigenvalue weighted by Gasteiger charge is -2.25. The first-order valence-corrected chi connectivity index (χ1v) is 9.29. The molecule has 2 amide bonds. The number of para-hydroxylation sites is 1. The number of aryl methyl sites for hydroxylation is 1. The Kier molecular flexibility index (Phi) is 5.25. The number of fused-ring (bicyclic) bond motifs is 1. The molecular weight excluding hydrogens is 481 g/mol. The Hall–Kier alpha value is -1.68. The van der Waals surface area contributed by atoms with Crippen molar-refractivity contribution in [1.82, 2.24) is 9.97 Å². The Morgan fingerprint density at radius 3 is 2.31 bits per heavy atom. The molecule has 1 aliphatic carbocycles. The van der Waals surface area contributed by atoms with E-state index in [4.69, 9.17) is 5.73 Å². The van der Waals surface area contributed by atoms with Gasteiger partial charge in [0.05, 0.1) is 5.69 Å². The molecule has 0 bridgehead atoms. The summed E-state index contributed by atoms with van der Waals surface area (Å²) >= 11 is 6.58. The van der Waals surface area contributed by atoms with Crippen LogP contribution in [0.2, 0.25) is 0 Å². The number of urea groups is 1. The third-order valence-corrected chi connectivity index (χ3v) is 5.30. The van der Waals surface area contributed by atoms with Crippen LogP contribution in [-0.4, -0.2) is 16.0 Å². The summed E-state index contributed by atoms with van der Waals surface area (Å²) in [6.07, 6.45) is -2.60. The average molecular weight is 494 g/mol. The van der Waals surface area contributed by atoms with Gasteiger partial charge in [0.2, 0.25) is 5.95 Å². The number of anilines is 2. The smallest absolute Gasteiger partial charge is 0.351 e. The molecule has 1 aromatic carbocycles. The van der Waals surface area contributed by atoms with Crippen LogP contribution in [0.15, 0.2) is 27.1 Å². The lowest BCUT2D eigenvalue weighted by Crippen LogP contribution is -2.34. The van der Waals surface area contributed by atoms with Gasteiger partial charge in [-0.2, -0.15) is 13.2 Å². The van der Waals surface area contributed by atoms with Crippen molar-refractivity contribution < 1.29 is 18.0 Å². The zero-order valence-electron chi connectivity index (χ0n) is 13.3. The monoisotopic (exact) mass is 492 g/mol. The summed E-state index contributed by atoms with van der Waals surface area (Å²) in [4.78, 5) is 20.9. The Morgan fingerprint density at radius 2 is 1.73 bits per heavy atom. The van der Waals surface area contributed by atoms with Gasteiger partial charge in [-0.15, -0.1) is 0 Å².